The van der Waals surface area contributed by atoms with E-state index in [1.54, 1.807) is 32.0 Å². The van der Waals surface area contributed by atoms with Crippen molar-refractivity contribution in [2.24, 2.45) is 0 Å². The summed E-state index contributed by atoms with van der Waals surface area (Å²) in [7, 11) is -15.3. The van der Waals surface area contributed by atoms with Gasteiger partial charge in [-0.3, -0.25) is 9.05 Å². The number of benzene rings is 3. The van der Waals surface area contributed by atoms with Crippen LogP contribution in [0.25, 0.3) is 0 Å². The van der Waals surface area contributed by atoms with E-state index in [4.69, 9.17) is 32.6 Å². The topological polar surface area (TPSA) is 241 Å². The molecular formula is C47H77O14P3. The minimum Gasteiger partial charge on any atom is -0.508 e. The average Bonchev–Trinajstić information content (AvgIpc) is 3.07. The van der Waals surface area contributed by atoms with Gasteiger partial charge in [0.05, 0.1) is 6.61 Å². The first-order valence-electron chi connectivity index (χ1n) is 22.0. The van der Waals surface area contributed by atoms with Gasteiger partial charge in [-0.1, -0.05) is 127 Å². The second kappa shape index (κ2) is 22.5. The highest BCUT2D eigenvalue weighted by molar-refractivity contribution is 7.61. The molecule has 64 heavy (non-hydrogen) atoms. The Hall–Kier alpha value is -2.57. The van der Waals surface area contributed by atoms with Gasteiger partial charge in [0, 0.05) is 0 Å². The van der Waals surface area contributed by atoms with E-state index < -0.39 is 51.2 Å². The molecule has 3 rings (SSSR count). The summed E-state index contributed by atoms with van der Waals surface area (Å²) >= 11 is 0. The van der Waals surface area contributed by atoms with Gasteiger partial charge in [0.2, 0.25) is 0 Å². The largest absolute Gasteiger partial charge is 0.508 e. The monoisotopic (exact) mass is 958 g/mol. The second-order valence-electron chi connectivity index (χ2n) is 20.2. The number of aryl methyl sites for hydroxylation is 3. The molecule has 0 aliphatic rings. The lowest BCUT2D eigenvalue weighted by molar-refractivity contribution is 0.0354. The maximum absolute atomic E-state index is 15.2. The van der Waals surface area contributed by atoms with E-state index in [2.05, 4.69) is 6.92 Å². The smallest absolute Gasteiger partial charge is 0.484 e. The third kappa shape index (κ3) is 17.3. The lowest BCUT2D eigenvalue weighted by Gasteiger charge is -2.42. The third-order valence-corrected chi connectivity index (χ3v) is 13.9. The fraction of sp³-hybridized carbons (Fsp3) is 0.617. The standard InChI is InChI=1S/C47H74O10P2.H3O4P/c1-15-16-17-18-19-20-21-22-23-55-59(54,57-58(51,52)53)56-47(36-28-39(45(9,10)11)42(49)25-32(36)3,37-29-40(46(12,13)14)43(50)26-33(37)4)30-34(5)35-27-38(44(6,7)8)41(48)24-31(35)2;1-5(2,3)4/h24-29,34,48-50H,15-23,30H2,1-14H3,(H2,51,52,53);(H3,1,2,3,4). The highest BCUT2D eigenvalue weighted by Gasteiger charge is 2.50. The van der Waals surface area contributed by atoms with Crippen molar-refractivity contribution in [3.63, 3.8) is 0 Å². The number of phosphoric ester groups is 1. The highest BCUT2D eigenvalue weighted by Crippen LogP contribution is 2.67. The molecule has 3 aromatic carbocycles. The zero-order chi connectivity index (χ0) is 49.4. The van der Waals surface area contributed by atoms with Crippen LogP contribution in [-0.4, -0.2) is 46.4 Å². The summed E-state index contributed by atoms with van der Waals surface area (Å²) in [5.41, 5.74) is 2.14. The van der Waals surface area contributed by atoms with E-state index in [9.17, 15) is 29.7 Å². The molecule has 0 bridgehead atoms. The fourth-order valence-electron chi connectivity index (χ4n) is 8.14. The summed E-state index contributed by atoms with van der Waals surface area (Å²) in [4.78, 5) is 42.2. The Morgan fingerprint density at radius 1 is 0.547 bits per heavy atom. The van der Waals surface area contributed by atoms with Gasteiger partial charge in [-0.15, -0.1) is 0 Å². The van der Waals surface area contributed by atoms with Gasteiger partial charge < -0.3 is 39.8 Å². The van der Waals surface area contributed by atoms with E-state index in [1.165, 1.54) is 6.42 Å². The maximum Gasteiger partial charge on any atom is 0.484 e. The molecule has 0 amide bonds. The van der Waals surface area contributed by atoms with E-state index in [0.717, 1.165) is 55.2 Å². The third-order valence-electron chi connectivity index (χ3n) is 11.2. The molecule has 0 spiro atoms. The zero-order valence-corrected chi connectivity index (χ0v) is 43.2. The molecule has 0 radical (unpaired) electrons. The van der Waals surface area contributed by atoms with Crippen LogP contribution in [0.3, 0.4) is 0 Å². The van der Waals surface area contributed by atoms with Crippen molar-refractivity contribution in [1.29, 1.82) is 0 Å². The van der Waals surface area contributed by atoms with Crippen molar-refractivity contribution in [2.45, 2.75) is 182 Å². The molecule has 0 aliphatic carbocycles. The predicted octanol–water partition coefficient (Wildman–Crippen LogP) is 12.5. The lowest BCUT2D eigenvalue weighted by atomic mass is 9.71. The first kappa shape index (κ1) is 57.6. The molecule has 2 atom stereocenters. The Kier molecular flexibility index (Phi) is 20.2. The molecule has 0 aliphatic heterocycles. The minimum absolute atomic E-state index is 0.0300. The predicted molar refractivity (Wildman–Crippen MR) is 253 cm³/mol. The molecule has 0 saturated heterocycles. The van der Waals surface area contributed by atoms with Crippen LogP contribution in [0.4, 0.5) is 0 Å². The van der Waals surface area contributed by atoms with Crippen LogP contribution in [-0.2, 0) is 48.9 Å². The SMILES string of the molecule is CCCCCCCCCCOP(=O)(OC(CC(C)c1cc(C(C)(C)C)c(O)cc1C)(c1cc(C(C)(C)C)c(O)cc1C)c1cc(C(C)(C)C)c(O)cc1C)OP(=O)(O)O.O=P(O)(O)O. The Morgan fingerprint density at radius 3 is 1.28 bits per heavy atom. The average molecular weight is 959 g/mol. The summed E-state index contributed by atoms with van der Waals surface area (Å²) in [5, 5.41) is 33.9. The van der Waals surface area contributed by atoms with Gasteiger partial charge in [-0.25, -0.2) is 13.7 Å². The fourth-order valence-corrected chi connectivity index (χ4v) is 10.6. The first-order valence-corrected chi connectivity index (χ1v) is 26.5. The molecule has 0 aromatic heterocycles. The molecule has 364 valence electrons. The van der Waals surface area contributed by atoms with Crippen molar-refractivity contribution in [1.82, 2.24) is 0 Å². The van der Waals surface area contributed by atoms with Gasteiger partial charge >= 0.3 is 23.5 Å². The van der Waals surface area contributed by atoms with Crippen molar-refractivity contribution < 1.29 is 66.8 Å². The first-order chi connectivity index (χ1) is 29.0. The number of phenolic OH excluding ortho intramolecular Hbond substituents is 3. The van der Waals surface area contributed by atoms with E-state index in [0.29, 0.717) is 39.8 Å². The Bertz CT molecular complexity index is 2090. The molecule has 2 unspecified atom stereocenters. The van der Waals surface area contributed by atoms with Crippen molar-refractivity contribution in [2.75, 3.05) is 6.61 Å². The Balaban J connectivity index is 0.00000266. The van der Waals surface area contributed by atoms with Gasteiger partial charge in [-0.2, -0.15) is 4.31 Å². The number of phenols is 3. The molecule has 3 aromatic rings. The number of hydrogen-bond donors (Lipinski definition) is 8. The molecule has 0 heterocycles. The summed E-state index contributed by atoms with van der Waals surface area (Å²) in [6.45, 7) is 27.3. The second-order valence-corrected chi connectivity index (χ2v) is 24.2. The summed E-state index contributed by atoms with van der Waals surface area (Å²) in [5.74, 6) is -0.173. The number of aromatic hydroxyl groups is 3. The normalized spacial score (nSPS) is 14.5. The van der Waals surface area contributed by atoms with Gasteiger partial charge in [-0.05, 0) is 136 Å². The van der Waals surface area contributed by atoms with Gasteiger partial charge in [0.25, 0.3) is 0 Å². The Morgan fingerprint density at radius 2 is 0.906 bits per heavy atom. The van der Waals surface area contributed by atoms with Crippen LogP contribution in [0.15, 0.2) is 36.4 Å². The molecule has 0 fully saturated rings. The lowest BCUT2D eigenvalue weighted by Crippen LogP contribution is -2.35. The zero-order valence-electron chi connectivity index (χ0n) is 40.5. The number of rotatable bonds is 19. The number of unbranched alkanes of at least 4 members (excludes halogenated alkanes) is 7. The maximum atomic E-state index is 15.2. The van der Waals surface area contributed by atoms with Crippen molar-refractivity contribution in [3.05, 3.63) is 86.5 Å². The number of phosphoric acid groups is 3. The van der Waals surface area contributed by atoms with Gasteiger partial charge in [0.15, 0.2) is 0 Å². The highest BCUT2D eigenvalue weighted by atomic mass is 31.3. The number of hydrogen-bond acceptors (Lipinski definition) is 9. The van der Waals surface area contributed by atoms with Crippen LogP contribution in [0.2, 0.25) is 0 Å². The summed E-state index contributed by atoms with van der Waals surface area (Å²) < 4.78 is 54.9. The molecular weight excluding hydrogens is 881 g/mol. The van der Waals surface area contributed by atoms with Crippen LogP contribution < -0.4 is 0 Å². The molecule has 0 saturated carbocycles. The Labute approximate surface area is 381 Å². The van der Waals surface area contributed by atoms with Crippen molar-refractivity contribution in [3.8, 4) is 17.2 Å². The van der Waals surface area contributed by atoms with Crippen LogP contribution >= 0.6 is 23.5 Å². The van der Waals surface area contributed by atoms with Crippen LogP contribution in [0, 0.1) is 20.8 Å². The molecule has 17 heteroatoms. The van der Waals surface area contributed by atoms with E-state index in [-0.39, 0.29) is 30.3 Å². The van der Waals surface area contributed by atoms with E-state index >= 15 is 4.57 Å². The van der Waals surface area contributed by atoms with Gasteiger partial charge in [0.1, 0.15) is 22.8 Å². The quantitative estimate of drug-likeness (QED) is 0.0412. The summed E-state index contributed by atoms with van der Waals surface area (Å²) in [6.07, 6.45) is 7.80. The molecule has 14 nitrogen and oxygen atoms in total. The summed E-state index contributed by atoms with van der Waals surface area (Å²) in [6, 6.07) is 10.6. The molecule has 8 N–H and O–H groups in total. The minimum atomic E-state index is -5.50. The van der Waals surface area contributed by atoms with Crippen molar-refractivity contribution >= 4 is 23.5 Å². The van der Waals surface area contributed by atoms with Crippen LogP contribution in [0.5, 0.6) is 17.2 Å². The van der Waals surface area contributed by atoms with E-state index in [1.807, 2.05) is 94.4 Å². The van der Waals surface area contributed by atoms with Crippen LogP contribution in [0.1, 0.15) is 190 Å².